The fourth-order valence-electron chi connectivity index (χ4n) is 1.60. The Morgan fingerprint density at radius 2 is 2.24 bits per heavy atom. The first-order valence-corrected chi connectivity index (χ1v) is 5.84. The molecule has 0 heterocycles. The second kappa shape index (κ2) is 6.57. The molecule has 3 nitrogen and oxygen atoms in total. The topological polar surface area (TPSA) is 41.5 Å². The van der Waals surface area contributed by atoms with Gasteiger partial charge in [-0.15, -0.1) is 0 Å². The van der Waals surface area contributed by atoms with E-state index in [-0.39, 0.29) is 18.0 Å². The second-order valence-corrected chi connectivity index (χ2v) is 4.30. The van der Waals surface area contributed by atoms with Gasteiger partial charge in [0, 0.05) is 18.0 Å². The van der Waals surface area contributed by atoms with Gasteiger partial charge in [-0.3, -0.25) is 0 Å². The van der Waals surface area contributed by atoms with E-state index in [1.165, 1.54) is 12.1 Å². The quantitative estimate of drug-likeness (QED) is 0.766. The fourth-order valence-corrected chi connectivity index (χ4v) is 1.60. The number of nitrogens with one attached hydrogen (secondary N) is 1. The Morgan fingerprint density at radius 3 is 2.82 bits per heavy atom. The number of rotatable bonds is 7. The van der Waals surface area contributed by atoms with Crippen LogP contribution in [-0.4, -0.2) is 30.4 Å². The van der Waals surface area contributed by atoms with Gasteiger partial charge in [0.1, 0.15) is 11.6 Å². The van der Waals surface area contributed by atoms with Crippen molar-refractivity contribution in [1.82, 2.24) is 5.32 Å². The number of hydrogen-bond donors (Lipinski definition) is 2. The molecule has 17 heavy (non-hydrogen) atoms. The van der Waals surface area contributed by atoms with Crippen LogP contribution in [0.3, 0.4) is 0 Å². The van der Waals surface area contributed by atoms with Crippen LogP contribution in [0.25, 0.3) is 0 Å². The predicted molar refractivity (Wildman–Crippen MR) is 65.7 cm³/mol. The van der Waals surface area contributed by atoms with Crippen LogP contribution in [0.2, 0.25) is 0 Å². The smallest absolute Gasteiger partial charge is 0.126 e. The van der Waals surface area contributed by atoms with Gasteiger partial charge in [-0.25, -0.2) is 4.39 Å². The van der Waals surface area contributed by atoms with Crippen LogP contribution >= 0.6 is 0 Å². The highest BCUT2D eigenvalue weighted by Gasteiger charge is 2.21. The summed E-state index contributed by atoms with van der Waals surface area (Å²) < 4.78 is 18.3. The minimum absolute atomic E-state index is 0.0490. The van der Waals surface area contributed by atoms with Crippen molar-refractivity contribution in [2.75, 3.05) is 19.8 Å². The average molecular weight is 241 g/mol. The number of benzene rings is 1. The SMILES string of the molecule is CCNC(C)(CO)CCOc1cccc(F)c1. The lowest BCUT2D eigenvalue weighted by Gasteiger charge is -2.28. The van der Waals surface area contributed by atoms with Crippen molar-refractivity contribution >= 4 is 0 Å². The Labute approximate surface area is 102 Å². The number of hydrogen-bond acceptors (Lipinski definition) is 3. The highest BCUT2D eigenvalue weighted by atomic mass is 19.1. The Balaban J connectivity index is 2.41. The summed E-state index contributed by atoms with van der Waals surface area (Å²) >= 11 is 0. The Hall–Kier alpha value is -1.13. The molecule has 1 rings (SSSR count). The van der Waals surface area contributed by atoms with Gasteiger partial charge in [-0.2, -0.15) is 0 Å². The maximum absolute atomic E-state index is 12.9. The zero-order chi connectivity index (χ0) is 12.7. The molecular formula is C13H20FNO2. The molecule has 0 aromatic heterocycles. The summed E-state index contributed by atoms with van der Waals surface area (Å²) in [5.41, 5.74) is -0.345. The maximum Gasteiger partial charge on any atom is 0.126 e. The lowest BCUT2D eigenvalue weighted by molar-refractivity contribution is 0.145. The minimum atomic E-state index is -0.345. The first-order chi connectivity index (χ1) is 8.09. The van der Waals surface area contributed by atoms with Crippen molar-refractivity contribution in [1.29, 1.82) is 0 Å². The number of aliphatic hydroxyl groups excluding tert-OH is 1. The van der Waals surface area contributed by atoms with E-state index >= 15 is 0 Å². The number of ether oxygens (including phenoxy) is 1. The summed E-state index contributed by atoms with van der Waals surface area (Å²) in [5.74, 6) is 0.209. The zero-order valence-electron chi connectivity index (χ0n) is 10.4. The molecular weight excluding hydrogens is 221 g/mol. The summed E-state index contributed by atoms with van der Waals surface area (Å²) in [6, 6.07) is 6.06. The molecule has 0 aliphatic rings. The van der Waals surface area contributed by atoms with E-state index in [1.54, 1.807) is 12.1 Å². The van der Waals surface area contributed by atoms with E-state index in [1.807, 2.05) is 13.8 Å². The molecule has 2 N–H and O–H groups in total. The van der Waals surface area contributed by atoms with E-state index < -0.39 is 0 Å². The third-order valence-electron chi connectivity index (χ3n) is 2.67. The lowest BCUT2D eigenvalue weighted by Crippen LogP contribution is -2.46. The third kappa shape index (κ3) is 4.71. The number of likely N-dealkylation sites (N-methyl/N-ethyl adjacent to an activating group) is 1. The van der Waals surface area contributed by atoms with Gasteiger partial charge in [0.25, 0.3) is 0 Å². The maximum atomic E-state index is 12.9. The predicted octanol–water partition coefficient (Wildman–Crippen LogP) is 1.96. The van der Waals surface area contributed by atoms with Crippen molar-refractivity contribution < 1.29 is 14.2 Å². The van der Waals surface area contributed by atoms with Gasteiger partial charge in [0.2, 0.25) is 0 Å². The molecule has 0 aliphatic heterocycles. The molecule has 0 aliphatic carbocycles. The van der Waals surface area contributed by atoms with Gasteiger partial charge in [0.15, 0.2) is 0 Å². The highest BCUT2D eigenvalue weighted by molar-refractivity contribution is 5.22. The van der Waals surface area contributed by atoms with Crippen LogP contribution in [0.15, 0.2) is 24.3 Å². The first-order valence-electron chi connectivity index (χ1n) is 5.84. The van der Waals surface area contributed by atoms with Crippen LogP contribution in [0.5, 0.6) is 5.75 Å². The standard InChI is InChI=1S/C13H20FNO2/c1-3-15-13(2,10-16)7-8-17-12-6-4-5-11(14)9-12/h4-6,9,15-16H,3,7-8,10H2,1-2H3. The van der Waals surface area contributed by atoms with Gasteiger partial charge >= 0.3 is 0 Å². The minimum Gasteiger partial charge on any atom is -0.493 e. The average Bonchev–Trinajstić information content (AvgIpc) is 2.29. The zero-order valence-corrected chi connectivity index (χ0v) is 10.4. The van der Waals surface area contributed by atoms with Crippen LogP contribution in [0, 0.1) is 5.82 Å². The molecule has 0 fully saturated rings. The summed E-state index contributed by atoms with van der Waals surface area (Å²) in [7, 11) is 0. The summed E-state index contributed by atoms with van der Waals surface area (Å²) in [5, 5.41) is 12.5. The molecule has 0 saturated carbocycles. The normalized spacial score (nSPS) is 14.4. The molecule has 0 saturated heterocycles. The van der Waals surface area contributed by atoms with Crippen LogP contribution in [-0.2, 0) is 0 Å². The van der Waals surface area contributed by atoms with Crippen molar-refractivity contribution in [2.45, 2.75) is 25.8 Å². The molecule has 1 aromatic carbocycles. The Kier molecular flexibility index (Phi) is 5.38. The highest BCUT2D eigenvalue weighted by Crippen LogP contribution is 2.14. The molecule has 1 unspecified atom stereocenters. The summed E-state index contributed by atoms with van der Waals surface area (Å²) in [6.07, 6.45) is 0.661. The van der Waals surface area contributed by atoms with Crippen LogP contribution in [0.1, 0.15) is 20.3 Å². The lowest BCUT2D eigenvalue weighted by atomic mass is 10.00. The monoisotopic (exact) mass is 241 g/mol. The Bertz CT molecular complexity index is 346. The summed E-state index contributed by atoms with van der Waals surface area (Å²) in [6.45, 7) is 5.20. The molecule has 96 valence electrons. The van der Waals surface area contributed by atoms with Crippen LogP contribution in [0.4, 0.5) is 4.39 Å². The van der Waals surface area contributed by atoms with Crippen molar-refractivity contribution in [2.24, 2.45) is 0 Å². The van der Waals surface area contributed by atoms with Gasteiger partial charge < -0.3 is 15.2 Å². The van der Waals surface area contributed by atoms with E-state index in [0.29, 0.717) is 18.8 Å². The molecule has 1 aromatic rings. The number of halogens is 1. The third-order valence-corrected chi connectivity index (χ3v) is 2.67. The molecule has 1 atom stereocenters. The van der Waals surface area contributed by atoms with Crippen molar-refractivity contribution in [3.8, 4) is 5.75 Å². The van der Waals surface area contributed by atoms with E-state index in [4.69, 9.17) is 4.74 Å². The van der Waals surface area contributed by atoms with E-state index in [9.17, 15) is 9.50 Å². The molecule has 0 amide bonds. The van der Waals surface area contributed by atoms with E-state index in [0.717, 1.165) is 6.54 Å². The van der Waals surface area contributed by atoms with Crippen molar-refractivity contribution in [3.63, 3.8) is 0 Å². The molecule has 4 heteroatoms. The molecule has 0 bridgehead atoms. The van der Waals surface area contributed by atoms with Gasteiger partial charge in [-0.1, -0.05) is 13.0 Å². The Morgan fingerprint density at radius 1 is 1.47 bits per heavy atom. The fraction of sp³-hybridized carbons (Fsp3) is 0.538. The summed E-state index contributed by atoms with van der Waals surface area (Å²) in [4.78, 5) is 0. The molecule has 0 spiro atoms. The number of aliphatic hydroxyl groups is 1. The largest absolute Gasteiger partial charge is 0.493 e. The van der Waals surface area contributed by atoms with E-state index in [2.05, 4.69) is 5.32 Å². The van der Waals surface area contributed by atoms with Gasteiger partial charge in [0.05, 0.1) is 13.2 Å². The van der Waals surface area contributed by atoms with Crippen molar-refractivity contribution in [3.05, 3.63) is 30.1 Å². The van der Waals surface area contributed by atoms with Gasteiger partial charge in [-0.05, 0) is 25.6 Å². The second-order valence-electron chi connectivity index (χ2n) is 4.30. The van der Waals surface area contributed by atoms with Crippen LogP contribution < -0.4 is 10.1 Å². The molecule has 0 radical (unpaired) electrons. The first kappa shape index (κ1) is 13.9.